The Morgan fingerprint density at radius 1 is 1.20 bits per heavy atom. The zero-order chi connectivity index (χ0) is 17.6. The molecule has 7 nitrogen and oxygen atoms in total. The maximum absolute atomic E-state index is 12.0. The Labute approximate surface area is 151 Å². The van der Waals surface area contributed by atoms with E-state index in [1.54, 1.807) is 30.3 Å². The lowest BCUT2D eigenvalue weighted by atomic mass is 10.3. The highest BCUT2D eigenvalue weighted by Gasteiger charge is 2.16. The van der Waals surface area contributed by atoms with E-state index in [-0.39, 0.29) is 12.5 Å². The molecule has 1 aliphatic heterocycles. The van der Waals surface area contributed by atoms with E-state index in [2.05, 4.69) is 32.1 Å². The van der Waals surface area contributed by atoms with Crippen LogP contribution in [0.15, 0.2) is 36.7 Å². The van der Waals surface area contributed by atoms with Crippen LogP contribution in [0.25, 0.3) is 0 Å². The molecule has 1 saturated heterocycles. The lowest BCUT2D eigenvalue weighted by molar-refractivity contribution is -0.118. The van der Waals surface area contributed by atoms with Crippen molar-refractivity contribution >= 4 is 29.1 Å². The number of anilines is 2. The number of halogens is 1. The van der Waals surface area contributed by atoms with Gasteiger partial charge in [0, 0.05) is 37.3 Å². The second-order valence-electron chi connectivity index (χ2n) is 5.84. The predicted octanol–water partition coefficient (Wildman–Crippen LogP) is 1.90. The van der Waals surface area contributed by atoms with Crippen molar-refractivity contribution in [3.05, 3.63) is 41.7 Å². The van der Waals surface area contributed by atoms with E-state index in [1.165, 1.54) is 6.33 Å². The fourth-order valence-corrected chi connectivity index (χ4v) is 2.61. The summed E-state index contributed by atoms with van der Waals surface area (Å²) in [6.45, 7) is 3.68. The maximum Gasteiger partial charge on any atom is 0.263 e. The molecule has 1 fully saturated rings. The number of likely N-dealkylation sites (N-methyl/N-ethyl adjacent to an activating group) is 1. The van der Waals surface area contributed by atoms with Gasteiger partial charge in [0.2, 0.25) is 0 Å². The zero-order valence-corrected chi connectivity index (χ0v) is 14.7. The quantitative estimate of drug-likeness (QED) is 0.877. The predicted molar refractivity (Wildman–Crippen MR) is 97.3 cm³/mol. The van der Waals surface area contributed by atoms with Crippen LogP contribution in [0, 0.1) is 0 Å². The molecule has 1 aliphatic rings. The van der Waals surface area contributed by atoms with E-state index in [0.29, 0.717) is 16.6 Å². The third-order valence-corrected chi connectivity index (χ3v) is 4.18. The molecule has 0 bridgehead atoms. The van der Waals surface area contributed by atoms with E-state index < -0.39 is 0 Å². The topological polar surface area (TPSA) is 70.6 Å². The van der Waals surface area contributed by atoms with Crippen LogP contribution in [0.3, 0.4) is 0 Å². The Kier molecular flexibility index (Phi) is 5.67. The van der Waals surface area contributed by atoms with Gasteiger partial charge in [0.15, 0.2) is 6.61 Å². The molecule has 0 atom stereocenters. The van der Waals surface area contributed by atoms with Crippen LogP contribution in [0.4, 0.5) is 11.6 Å². The Hall–Kier alpha value is -2.38. The van der Waals surface area contributed by atoms with Crippen molar-refractivity contribution in [3.63, 3.8) is 0 Å². The molecule has 0 unspecified atom stereocenters. The summed E-state index contributed by atoms with van der Waals surface area (Å²) in [6, 6.07) is 8.63. The number of hydrogen-bond acceptors (Lipinski definition) is 6. The molecule has 0 spiro atoms. The smallest absolute Gasteiger partial charge is 0.263 e. The number of rotatable bonds is 5. The maximum atomic E-state index is 12.0. The molecular weight excluding hydrogens is 342 g/mol. The Morgan fingerprint density at radius 2 is 1.92 bits per heavy atom. The summed E-state index contributed by atoms with van der Waals surface area (Å²) in [5.74, 6) is 1.59. The SMILES string of the molecule is CN1CCN(c2cc(NC(=O)COc3ccc(Cl)cc3)ncn2)CC1. The molecule has 2 heterocycles. The van der Waals surface area contributed by atoms with Gasteiger partial charge in [-0.1, -0.05) is 11.6 Å². The number of piperazine rings is 1. The Balaban J connectivity index is 1.54. The van der Waals surface area contributed by atoms with Crippen LogP contribution in [-0.2, 0) is 4.79 Å². The van der Waals surface area contributed by atoms with Crippen molar-refractivity contribution in [1.82, 2.24) is 14.9 Å². The van der Waals surface area contributed by atoms with E-state index in [0.717, 1.165) is 32.0 Å². The van der Waals surface area contributed by atoms with Crippen molar-refractivity contribution in [2.24, 2.45) is 0 Å². The van der Waals surface area contributed by atoms with Crippen molar-refractivity contribution in [2.75, 3.05) is 50.1 Å². The zero-order valence-electron chi connectivity index (χ0n) is 14.0. The lowest BCUT2D eigenvalue weighted by Gasteiger charge is -2.33. The highest BCUT2D eigenvalue weighted by Crippen LogP contribution is 2.17. The summed E-state index contributed by atoms with van der Waals surface area (Å²) in [5, 5.41) is 3.35. The highest BCUT2D eigenvalue weighted by atomic mass is 35.5. The minimum absolute atomic E-state index is 0.102. The molecule has 25 heavy (non-hydrogen) atoms. The monoisotopic (exact) mass is 361 g/mol. The highest BCUT2D eigenvalue weighted by molar-refractivity contribution is 6.30. The summed E-state index contributed by atoms with van der Waals surface area (Å²) >= 11 is 5.81. The van der Waals surface area contributed by atoms with Gasteiger partial charge in [0.1, 0.15) is 23.7 Å². The van der Waals surface area contributed by atoms with Crippen LogP contribution >= 0.6 is 11.6 Å². The Bertz CT molecular complexity index is 717. The van der Waals surface area contributed by atoms with Gasteiger partial charge in [0.25, 0.3) is 5.91 Å². The molecule has 0 saturated carbocycles. The molecule has 0 aliphatic carbocycles. The first kappa shape index (κ1) is 17.4. The fourth-order valence-electron chi connectivity index (χ4n) is 2.48. The molecule has 8 heteroatoms. The summed E-state index contributed by atoms with van der Waals surface area (Å²) in [5.41, 5.74) is 0. The summed E-state index contributed by atoms with van der Waals surface area (Å²) in [6.07, 6.45) is 1.46. The molecule has 132 valence electrons. The minimum atomic E-state index is -0.280. The van der Waals surface area contributed by atoms with Gasteiger partial charge in [-0.15, -0.1) is 0 Å². The number of carbonyl (C=O) groups is 1. The van der Waals surface area contributed by atoms with E-state index >= 15 is 0 Å². The van der Waals surface area contributed by atoms with E-state index in [9.17, 15) is 4.79 Å². The second kappa shape index (κ2) is 8.13. The largest absolute Gasteiger partial charge is 0.484 e. The van der Waals surface area contributed by atoms with E-state index in [1.807, 2.05) is 0 Å². The van der Waals surface area contributed by atoms with Gasteiger partial charge in [-0.2, -0.15) is 0 Å². The van der Waals surface area contributed by atoms with Gasteiger partial charge in [-0.3, -0.25) is 4.79 Å². The van der Waals surface area contributed by atoms with Crippen molar-refractivity contribution in [2.45, 2.75) is 0 Å². The summed E-state index contributed by atoms with van der Waals surface area (Å²) < 4.78 is 5.42. The van der Waals surface area contributed by atoms with Crippen LogP contribution < -0.4 is 15.0 Å². The third kappa shape index (κ3) is 5.04. The normalized spacial score (nSPS) is 15.0. The summed E-state index contributed by atoms with van der Waals surface area (Å²) in [4.78, 5) is 24.9. The van der Waals surface area contributed by atoms with Crippen LogP contribution in [-0.4, -0.2) is 60.6 Å². The number of aromatic nitrogens is 2. The first-order valence-electron chi connectivity index (χ1n) is 8.04. The molecular formula is C17H20ClN5O2. The first-order chi connectivity index (χ1) is 12.1. The number of benzene rings is 1. The van der Waals surface area contributed by atoms with Crippen molar-refractivity contribution in [1.29, 1.82) is 0 Å². The van der Waals surface area contributed by atoms with Crippen molar-refractivity contribution in [3.8, 4) is 5.75 Å². The number of carbonyl (C=O) groups excluding carboxylic acids is 1. The van der Waals surface area contributed by atoms with E-state index in [4.69, 9.17) is 16.3 Å². The average molecular weight is 362 g/mol. The van der Waals surface area contributed by atoms with Crippen LogP contribution in [0.2, 0.25) is 5.02 Å². The molecule has 1 N–H and O–H groups in total. The van der Waals surface area contributed by atoms with Crippen molar-refractivity contribution < 1.29 is 9.53 Å². The third-order valence-electron chi connectivity index (χ3n) is 3.93. The number of amides is 1. The average Bonchev–Trinajstić information content (AvgIpc) is 2.62. The number of ether oxygens (including phenoxy) is 1. The van der Waals surface area contributed by atoms with Gasteiger partial charge < -0.3 is 19.9 Å². The Morgan fingerprint density at radius 3 is 2.64 bits per heavy atom. The number of nitrogens with one attached hydrogen (secondary N) is 1. The van der Waals surface area contributed by atoms with Gasteiger partial charge >= 0.3 is 0 Å². The van der Waals surface area contributed by atoms with Gasteiger partial charge in [-0.05, 0) is 31.3 Å². The molecule has 1 amide bonds. The van der Waals surface area contributed by atoms with Gasteiger partial charge in [-0.25, -0.2) is 9.97 Å². The van der Waals surface area contributed by atoms with Crippen LogP contribution in [0.1, 0.15) is 0 Å². The van der Waals surface area contributed by atoms with Crippen LogP contribution in [0.5, 0.6) is 5.75 Å². The molecule has 1 aromatic heterocycles. The minimum Gasteiger partial charge on any atom is -0.484 e. The van der Waals surface area contributed by atoms with Gasteiger partial charge in [0.05, 0.1) is 0 Å². The fraction of sp³-hybridized carbons (Fsp3) is 0.353. The molecule has 1 aromatic carbocycles. The second-order valence-corrected chi connectivity index (χ2v) is 6.28. The number of hydrogen-bond donors (Lipinski definition) is 1. The molecule has 2 aromatic rings. The standard InChI is InChI=1S/C17H20ClN5O2/c1-22-6-8-23(9-7-22)16-10-15(19-12-20-16)21-17(24)11-25-14-4-2-13(18)3-5-14/h2-5,10,12H,6-9,11H2,1H3,(H,19,20,21,24). The molecule has 3 rings (SSSR count). The molecule has 0 radical (unpaired) electrons. The lowest BCUT2D eigenvalue weighted by Crippen LogP contribution is -2.44. The number of nitrogens with zero attached hydrogens (tertiary/aromatic N) is 4. The first-order valence-corrected chi connectivity index (χ1v) is 8.42. The summed E-state index contributed by atoms with van der Waals surface area (Å²) in [7, 11) is 2.10.